The maximum absolute atomic E-state index is 3.67. The second kappa shape index (κ2) is 3.77. The molecule has 0 atom stereocenters. The smallest absolute Gasteiger partial charge is 0.0182 e. The van der Waals surface area contributed by atoms with Crippen molar-refractivity contribution in [2.75, 3.05) is 6.54 Å². The van der Waals surface area contributed by atoms with Gasteiger partial charge in [-0.15, -0.1) is 12.4 Å². The fourth-order valence-electron chi connectivity index (χ4n) is 2.52. The third-order valence-corrected chi connectivity index (χ3v) is 3.14. The number of nitrogens with one attached hydrogen (secondary N) is 1. The van der Waals surface area contributed by atoms with Crippen LogP contribution in [0.2, 0.25) is 0 Å². The molecule has 0 bridgehead atoms. The Morgan fingerprint density at radius 1 is 0.818 bits per heavy atom. The molecular weight excluding hydrogens is 158 g/mol. The van der Waals surface area contributed by atoms with Crippen molar-refractivity contribution in [3.05, 3.63) is 0 Å². The van der Waals surface area contributed by atoms with E-state index >= 15 is 0 Å². The normalized spacial score (nSPS) is 28.4. The van der Waals surface area contributed by atoms with E-state index in [0.717, 1.165) is 0 Å². The third kappa shape index (κ3) is 1.88. The van der Waals surface area contributed by atoms with Gasteiger partial charge in [0.05, 0.1) is 0 Å². The van der Waals surface area contributed by atoms with Crippen LogP contribution in [0.15, 0.2) is 0 Å². The van der Waals surface area contributed by atoms with Crippen molar-refractivity contribution < 1.29 is 0 Å². The zero-order valence-corrected chi connectivity index (χ0v) is 7.88. The predicted octanol–water partition coefficient (Wildman–Crippen LogP) is 2.49. The highest BCUT2D eigenvalue weighted by atomic mass is 35.5. The van der Waals surface area contributed by atoms with Crippen LogP contribution in [-0.2, 0) is 0 Å². The molecule has 1 spiro atoms. The zero-order valence-electron chi connectivity index (χ0n) is 7.07. The molecule has 0 radical (unpaired) electrons. The summed E-state index contributed by atoms with van der Waals surface area (Å²) in [5, 5.41) is 3.67. The summed E-state index contributed by atoms with van der Waals surface area (Å²) in [6.45, 7) is 1.28. The summed E-state index contributed by atoms with van der Waals surface area (Å²) in [6, 6.07) is 0. The summed E-state index contributed by atoms with van der Waals surface area (Å²) in [4.78, 5) is 0. The lowest BCUT2D eigenvalue weighted by Crippen LogP contribution is -2.41. The molecule has 2 rings (SSSR count). The molecule has 1 saturated carbocycles. The molecule has 0 aromatic rings. The van der Waals surface area contributed by atoms with Crippen LogP contribution in [0.1, 0.15) is 44.9 Å². The Morgan fingerprint density at radius 3 is 2.00 bits per heavy atom. The van der Waals surface area contributed by atoms with Crippen LogP contribution in [0.4, 0.5) is 0 Å². The van der Waals surface area contributed by atoms with E-state index in [1.54, 1.807) is 0 Å². The molecule has 1 nitrogen and oxygen atoms in total. The van der Waals surface area contributed by atoms with Crippen molar-refractivity contribution in [2.24, 2.45) is 0 Å². The minimum atomic E-state index is 0. The van der Waals surface area contributed by atoms with Gasteiger partial charge in [-0.1, -0.05) is 19.3 Å². The second-order valence-corrected chi connectivity index (χ2v) is 3.87. The van der Waals surface area contributed by atoms with Gasteiger partial charge in [0.2, 0.25) is 0 Å². The number of halogens is 1. The number of hydrogen-bond donors (Lipinski definition) is 1. The Balaban J connectivity index is 0.000000605. The maximum Gasteiger partial charge on any atom is 0.0182 e. The van der Waals surface area contributed by atoms with E-state index in [1.807, 2.05) is 0 Å². The van der Waals surface area contributed by atoms with Crippen molar-refractivity contribution in [3.63, 3.8) is 0 Å². The summed E-state index contributed by atoms with van der Waals surface area (Å²) in [5.41, 5.74) is 0.623. The summed E-state index contributed by atoms with van der Waals surface area (Å²) in [7, 11) is 0. The van der Waals surface area contributed by atoms with Crippen LogP contribution in [-0.4, -0.2) is 12.1 Å². The molecule has 1 aliphatic carbocycles. The van der Waals surface area contributed by atoms with Gasteiger partial charge >= 0.3 is 0 Å². The molecule has 2 fully saturated rings. The molecule has 0 amide bonds. The van der Waals surface area contributed by atoms with Gasteiger partial charge in [-0.05, 0) is 32.2 Å². The second-order valence-electron chi connectivity index (χ2n) is 3.87. The van der Waals surface area contributed by atoms with Crippen LogP contribution in [0, 0.1) is 0 Å². The SMILES string of the molecule is C1CCC2(CC1)CCCN2.Cl. The summed E-state index contributed by atoms with van der Waals surface area (Å²) >= 11 is 0. The summed E-state index contributed by atoms with van der Waals surface area (Å²) in [6.07, 6.45) is 10.2. The highest BCUT2D eigenvalue weighted by Gasteiger charge is 2.33. The molecule has 1 N–H and O–H groups in total. The Labute approximate surface area is 75.4 Å². The Bertz CT molecular complexity index is 111. The van der Waals surface area contributed by atoms with E-state index in [-0.39, 0.29) is 12.4 Å². The van der Waals surface area contributed by atoms with Crippen molar-refractivity contribution in [3.8, 4) is 0 Å². The zero-order chi connectivity index (χ0) is 6.86. The van der Waals surface area contributed by atoms with Gasteiger partial charge in [0.15, 0.2) is 0 Å². The van der Waals surface area contributed by atoms with E-state index in [4.69, 9.17) is 0 Å². The fourth-order valence-corrected chi connectivity index (χ4v) is 2.52. The van der Waals surface area contributed by atoms with Crippen LogP contribution in [0.5, 0.6) is 0 Å². The minimum absolute atomic E-state index is 0. The van der Waals surface area contributed by atoms with Crippen molar-refractivity contribution in [1.29, 1.82) is 0 Å². The monoisotopic (exact) mass is 175 g/mol. The topological polar surface area (TPSA) is 12.0 Å². The maximum atomic E-state index is 3.67. The first kappa shape index (κ1) is 9.34. The lowest BCUT2D eigenvalue weighted by atomic mass is 9.81. The molecule has 1 heterocycles. The molecule has 2 heteroatoms. The van der Waals surface area contributed by atoms with Crippen molar-refractivity contribution in [2.45, 2.75) is 50.5 Å². The van der Waals surface area contributed by atoms with Crippen molar-refractivity contribution in [1.82, 2.24) is 5.32 Å². The van der Waals surface area contributed by atoms with Crippen LogP contribution in [0.25, 0.3) is 0 Å². The molecule has 1 saturated heterocycles. The Hall–Kier alpha value is 0.250. The molecule has 1 aliphatic heterocycles. The van der Waals surface area contributed by atoms with Gasteiger partial charge < -0.3 is 5.32 Å². The summed E-state index contributed by atoms with van der Waals surface area (Å²) in [5.74, 6) is 0. The van der Waals surface area contributed by atoms with Gasteiger partial charge in [-0.2, -0.15) is 0 Å². The molecular formula is C9H18ClN. The molecule has 2 aliphatic rings. The van der Waals surface area contributed by atoms with E-state index in [1.165, 1.54) is 51.5 Å². The molecule has 11 heavy (non-hydrogen) atoms. The van der Waals surface area contributed by atoms with Gasteiger partial charge in [0.25, 0.3) is 0 Å². The van der Waals surface area contributed by atoms with E-state index in [0.29, 0.717) is 5.54 Å². The Morgan fingerprint density at radius 2 is 1.45 bits per heavy atom. The van der Waals surface area contributed by atoms with Gasteiger partial charge in [0.1, 0.15) is 0 Å². The first-order valence-electron chi connectivity index (χ1n) is 4.66. The van der Waals surface area contributed by atoms with E-state index in [9.17, 15) is 0 Å². The van der Waals surface area contributed by atoms with Crippen molar-refractivity contribution >= 4 is 12.4 Å². The first-order chi connectivity index (χ1) is 4.91. The number of hydrogen-bond acceptors (Lipinski definition) is 1. The highest BCUT2D eigenvalue weighted by molar-refractivity contribution is 5.85. The molecule has 66 valence electrons. The van der Waals surface area contributed by atoms with Gasteiger partial charge in [0, 0.05) is 5.54 Å². The quantitative estimate of drug-likeness (QED) is 0.597. The van der Waals surface area contributed by atoms with E-state index < -0.39 is 0 Å². The average Bonchev–Trinajstić information content (AvgIpc) is 2.39. The summed E-state index contributed by atoms with van der Waals surface area (Å²) < 4.78 is 0. The predicted molar refractivity (Wildman–Crippen MR) is 50.3 cm³/mol. The van der Waals surface area contributed by atoms with Crippen LogP contribution < -0.4 is 5.32 Å². The minimum Gasteiger partial charge on any atom is -0.311 e. The third-order valence-electron chi connectivity index (χ3n) is 3.14. The largest absolute Gasteiger partial charge is 0.311 e. The standard InChI is InChI=1S/C9H17N.ClH/c1-2-5-9(6-3-1)7-4-8-10-9;/h10H,1-8H2;1H. The number of rotatable bonds is 0. The highest BCUT2D eigenvalue weighted by Crippen LogP contribution is 2.34. The molecule has 0 aromatic heterocycles. The lowest BCUT2D eigenvalue weighted by Gasteiger charge is -2.33. The molecule has 0 aromatic carbocycles. The van der Waals surface area contributed by atoms with Gasteiger partial charge in [-0.3, -0.25) is 0 Å². The lowest BCUT2D eigenvalue weighted by molar-refractivity contribution is 0.264. The van der Waals surface area contributed by atoms with E-state index in [2.05, 4.69) is 5.32 Å². The Kier molecular flexibility index (Phi) is 3.20. The van der Waals surface area contributed by atoms with Crippen LogP contribution >= 0.6 is 12.4 Å². The average molecular weight is 176 g/mol. The van der Waals surface area contributed by atoms with Crippen LogP contribution in [0.3, 0.4) is 0 Å². The molecule has 0 unspecified atom stereocenters. The fraction of sp³-hybridized carbons (Fsp3) is 1.00. The first-order valence-corrected chi connectivity index (χ1v) is 4.66. The van der Waals surface area contributed by atoms with Gasteiger partial charge in [-0.25, -0.2) is 0 Å².